The van der Waals surface area contributed by atoms with Gasteiger partial charge in [-0.05, 0) is 88.7 Å². The van der Waals surface area contributed by atoms with Crippen molar-refractivity contribution < 1.29 is 0 Å². The van der Waals surface area contributed by atoms with E-state index in [4.69, 9.17) is 0 Å². The van der Waals surface area contributed by atoms with Gasteiger partial charge in [0, 0.05) is 28.0 Å². The van der Waals surface area contributed by atoms with Crippen molar-refractivity contribution in [2.75, 3.05) is 10.2 Å². The quantitative estimate of drug-likeness (QED) is 0.186. The van der Waals surface area contributed by atoms with E-state index in [9.17, 15) is 0 Å². The van der Waals surface area contributed by atoms with Crippen molar-refractivity contribution in [3.63, 3.8) is 0 Å². The van der Waals surface area contributed by atoms with Crippen LogP contribution in [-0.4, -0.2) is 12.8 Å². The maximum Gasteiger partial charge on any atom is 0.197 e. The molecule has 1 fully saturated rings. The largest absolute Gasteiger partial charge is 0.354 e. The zero-order chi connectivity index (χ0) is 36.3. The maximum absolute atomic E-state index is 4.04. The van der Waals surface area contributed by atoms with Crippen LogP contribution in [0.2, 0.25) is 0 Å². The summed E-state index contributed by atoms with van der Waals surface area (Å²) >= 11 is 0. The van der Waals surface area contributed by atoms with Gasteiger partial charge in [-0.15, -0.1) is 0 Å². The van der Waals surface area contributed by atoms with Crippen molar-refractivity contribution in [3.05, 3.63) is 166 Å². The molecule has 3 aliphatic heterocycles. The van der Waals surface area contributed by atoms with Gasteiger partial charge < -0.3 is 10.2 Å². The number of hydrogen-bond acceptors (Lipinski definition) is 2. The highest BCUT2D eigenvalue weighted by Gasteiger charge is 2.59. The monoisotopic (exact) mass is 687 g/mol. The molecule has 3 heteroatoms. The van der Waals surface area contributed by atoms with Crippen LogP contribution in [0.3, 0.4) is 0 Å². The fourth-order valence-corrected chi connectivity index (χ4v) is 10.9. The second kappa shape index (κ2) is 11.2. The average Bonchev–Trinajstić information content (AvgIpc) is 3.38. The second-order valence-electron chi connectivity index (χ2n) is 17.6. The molecule has 1 N–H and O–H groups in total. The molecule has 0 spiro atoms. The molecule has 53 heavy (non-hydrogen) atoms. The molecule has 2 atom stereocenters. The minimum Gasteiger partial charge on any atom is -0.354 e. The fraction of sp³-hybridized carbons (Fsp3) is 0.280. The van der Waals surface area contributed by atoms with Crippen LogP contribution in [0.15, 0.2) is 127 Å². The summed E-state index contributed by atoms with van der Waals surface area (Å²) in [5.41, 5.74) is 19.4. The molecule has 10 rings (SSSR count). The minimum absolute atomic E-state index is 0.00398. The molecule has 0 bridgehead atoms. The molecular formula is C50H48BN2. The number of nitrogens with one attached hydrogen (secondary N) is 1. The smallest absolute Gasteiger partial charge is 0.197 e. The molecule has 3 heterocycles. The normalized spacial score (nSPS) is 21.7. The maximum atomic E-state index is 4.04. The van der Waals surface area contributed by atoms with Crippen LogP contribution < -0.4 is 21.1 Å². The number of benzene rings is 6. The number of fused-ring (bicyclic) bond motifs is 7. The molecule has 1 aliphatic carbocycles. The van der Waals surface area contributed by atoms with Crippen molar-refractivity contribution >= 4 is 41.0 Å². The van der Waals surface area contributed by atoms with Gasteiger partial charge in [-0.1, -0.05) is 167 Å². The van der Waals surface area contributed by atoms with Gasteiger partial charge >= 0.3 is 0 Å². The number of nitrogens with zero attached hydrogens (tertiary/aromatic N) is 1. The molecule has 261 valence electrons. The molecule has 1 saturated carbocycles. The summed E-state index contributed by atoms with van der Waals surface area (Å²) in [6.07, 6.45) is 4.98. The Bertz CT molecular complexity index is 2400. The second-order valence-corrected chi connectivity index (χ2v) is 17.6. The van der Waals surface area contributed by atoms with Gasteiger partial charge in [0.05, 0.1) is 16.6 Å². The average molecular weight is 688 g/mol. The standard InChI is InChI=1S/C50H48BN2/c1-32-28-37(44-43(29-32)53-46-40(48(5)26-15-16-27-49(48,53)6)30-35(47(2,3)4)31-41(46)51-44)36-22-17-24-39-45(36)52-42-25-14-13-23-38(42)50(39,33-18-9-7-10-19-33)34-20-11-8-12-21-34/h7-14,17-25,28-31,52H,15-16,26-27H2,1-6H3. The molecule has 2 nitrogen and oxygen atoms in total. The highest BCUT2D eigenvalue weighted by molar-refractivity contribution is 6.73. The summed E-state index contributed by atoms with van der Waals surface area (Å²) < 4.78 is 0. The lowest BCUT2D eigenvalue weighted by Crippen LogP contribution is -2.57. The summed E-state index contributed by atoms with van der Waals surface area (Å²) in [5, 5.41) is 4.04. The molecule has 2 unspecified atom stereocenters. The first-order valence-corrected chi connectivity index (χ1v) is 19.7. The number of anilines is 4. The highest BCUT2D eigenvalue weighted by Crippen LogP contribution is 2.62. The van der Waals surface area contributed by atoms with Crippen LogP contribution in [0.25, 0.3) is 11.1 Å². The third-order valence-electron chi connectivity index (χ3n) is 13.7. The van der Waals surface area contributed by atoms with Crippen LogP contribution in [0.4, 0.5) is 22.7 Å². The summed E-state index contributed by atoms with van der Waals surface area (Å²) in [4.78, 5) is 2.81. The van der Waals surface area contributed by atoms with Crippen molar-refractivity contribution in [1.82, 2.24) is 0 Å². The van der Waals surface area contributed by atoms with E-state index >= 15 is 0 Å². The molecule has 0 saturated heterocycles. The Balaban J connectivity index is 1.26. The van der Waals surface area contributed by atoms with Crippen molar-refractivity contribution in [2.24, 2.45) is 0 Å². The summed E-state index contributed by atoms with van der Waals surface area (Å²) in [6.45, 7) is 14.5. The van der Waals surface area contributed by atoms with E-state index in [-0.39, 0.29) is 16.4 Å². The summed E-state index contributed by atoms with van der Waals surface area (Å²) in [6, 6.07) is 48.2. The number of aryl methyl sites for hydroxylation is 1. The molecule has 0 aromatic heterocycles. The van der Waals surface area contributed by atoms with E-state index < -0.39 is 5.41 Å². The predicted octanol–water partition coefficient (Wildman–Crippen LogP) is 11.1. The molecule has 4 aliphatic rings. The minimum atomic E-state index is -0.501. The van der Waals surface area contributed by atoms with Gasteiger partial charge in [-0.3, -0.25) is 0 Å². The number of hydrogen-bond donors (Lipinski definition) is 1. The van der Waals surface area contributed by atoms with Gasteiger partial charge in [0.25, 0.3) is 0 Å². The van der Waals surface area contributed by atoms with Gasteiger partial charge in [-0.25, -0.2) is 0 Å². The Kier molecular flexibility index (Phi) is 6.92. The molecular weight excluding hydrogens is 639 g/mol. The Morgan fingerprint density at radius 1 is 0.660 bits per heavy atom. The molecule has 0 amide bonds. The lowest BCUT2D eigenvalue weighted by Gasteiger charge is -2.51. The first-order valence-electron chi connectivity index (χ1n) is 19.7. The predicted molar refractivity (Wildman–Crippen MR) is 225 cm³/mol. The van der Waals surface area contributed by atoms with Gasteiger partial charge in [0.2, 0.25) is 0 Å². The SMILES string of the molecule is Cc1cc(-c2cccc3c2Nc2ccccc2C3(c2ccccc2)c2ccccc2)c2c(c1)N1c3c(cc(C(C)(C)C)cc3C3(C)CCCCC13C)[B]2. The topological polar surface area (TPSA) is 15.3 Å². The van der Waals surface area contributed by atoms with Crippen molar-refractivity contribution in [1.29, 1.82) is 0 Å². The van der Waals surface area contributed by atoms with E-state index in [2.05, 4.69) is 186 Å². The molecule has 1 radical (unpaired) electrons. The van der Waals surface area contributed by atoms with E-state index in [1.54, 1.807) is 5.56 Å². The van der Waals surface area contributed by atoms with Crippen LogP contribution in [-0.2, 0) is 16.2 Å². The van der Waals surface area contributed by atoms with Gasteiger partial charge in [-0.2, -0.15) is 0 Å². The molecule has 6 aromatic carbocycles. The van der Waals surface area contributed by atoms with Crippen LogP contribution in [0.1, 0.15) is 99.2 Å². The van der Waals surface area contributed by atoms with E-state index in [1.807, 2.05) is 0 Å². The van der Waals surface area contributed by atoms with E-state index in [1.165, 1.54) is 98.2 Å². The zero-order valence-corrected chi connectivity index (χ0v) is 32.0. The third-order valence-corrected chi connectivity index (χ3v) is 13.7. The first kappa shape index (κ1) is 32.6. The summed E-state index contributed by atoms with van der Waals surface area (Å²) in [7, 11) is 2.54. The lowest BCUT2D eigenvalue weighted by atomic mass is 9.56. The summed E-state index contributed by atoms with van der Waals surface area (Å²) in [5.74, 6) is 0. The first-order chi connectivity index (χ1) is 25.6. The van der Waals surface area contributed by atoms with Gasteiger partial charge in [0.15, 0.2) is 7.28 Å². The van der Waals surface area contributed by atoms with Crippen molar-refractivity contribution in [3.8, 4) is 11.1 Å². The van der Waals surface area contributed by atoms with Crippen molar-refractivity contribution in [2.45, 2.75) is 89.0 Å². The highest BCUT2D eigenvalue weighted by atomic mass is 15.3. The number of rotatable bonds is 3. The molecule has 6 aromatic rings. The Morgan fingerprint density at radius 3 is 2.04 bits per heavy atom. The number of para-hydroxylation sites is 2. The van der Waals surface area contributed by atoms with E-state index in [0.29, 0.717) is 0 Å². The zero-order valence-electron chi connectivity index (χ0n) is 32.0. The van der Waals surface area contributed by atoms with E-state index in [0.717, 1.165) is 5.69 Å². The Hall–Kier alpha value is -5.02. The van der Waals surface area contributed by atoms with Crippen LogP contribution in [0.5, 0.6) is 0 Å². The van der Waals surface area contributed by atoms with Gasteiger partial charge in [0.1, 0.15) is 0 Å². The third kappa shape index (κ3) is 4.34. The fourth-order valence-electron chi connectivity index (χ4n) is 10.9. The Labute approximate surface area is 316 Å². The van der Waals surface area contributed by atoms with Crippen LogP contribution >= 0.6 is 0 Å². The Morgan fingerprint density at radius 2 is 1.32 bits per heavy atom. The lowest BCUT2D eigenvalue weighted by molar-refractivity contribution is 0.195. The van der Waals surface area contributed by atoms with Crippen LogP contribution in [0, 0.1) is 6.92 Å².